The Balaban J connectivity index is 0.00000180. The standard InChI is InChI=1S/C12H12N2O3S.BrH/c15-11(8-18-12-5-2-6-13-12)9-3-1-4-10(7-9)14(16)17;/h1,3-4,7H,2,5-6,8H2;1H. The van der Waals surface area contributed by atoms with Gasteiger partial charge in [-0.3, -0.25) is 19.9 Å². The highest BCUT2D eigenvalue weighted by molar-refractivity contribution is 8.93. The summed E-state index contributed by atoms with van der Waals surface area (Å²) in [5.74, 6) is 0.193. The lowest BCUT2D eigenvalue weighted by Gasteiger charge is -2.01. The van der Waals surface area contributed by atoms with E-state index in [1.165, 1.54) is 30.0 Å². The first-order valence-corrected chi connectivity index (χ1v) is 6.59. The number of aliphatic imine (C=N–C) groups is 1. The molecule has 0 bridgehead atoms. The molecule has 1 aliphatic rings. The van der Waals surface area contributed by atoms with Crippen LogP contribution in [-0.2, 0) is 0 Å². The van der Waals surface area contributed by atoms with Crippen molar-refractivity contribution in [2.45, 2.75) is 12.8 Å². The van der Waals surface area contributed by atoms with Gasteiger partial charge in [-0.2, -0.15) is 0 Å². The second kappa shape index (κ2) is 7.40. The lowest BCUT2D eigenvalue weighted by Crippen LogP contribution is -2.05. The normalized spacial score (nSPS) is 13.6. The predicted molar refractivity (Wildman–Crippen MR) is 81.7 cm³/mol. The third kappa shape index (κ3) is 4.43. The Labute approximate surface area is 125 Å². The summed E-state index contributed by atoms with van der Waals surface area (Å²) in [6, 6.07) is 5.83. The number of thioether (sulfide) groups is 1. The van der Waals surface area contributed by atoms with Crippen LogP contribution in [0.2, 0.25) is 0 Å². The first-order chi connectivity index (χ1) is 8.66. The molecule has 1 heterocycles. The predicted octanol–water partition coefficient (Wildman–Crippen LogP) is 3.28. The molecular weight excluding hydrogens is 332 g/mol. The van der Waals surface area contributed by atoms with Crippen molar-refractivity contribution in [2.24, 2.45) is 4.99 Å². The molecule has 0 atom stereocenters. The van der Waals surface area contributed by atoms with Crippen molar-refractivity contribution in [1.82, 2.24) is 0 Å². The molecule has 0 saturated carbocycles. The van der Waals surface area contributed by atoms with Gasteiger partial charge in [-0.1, -0.05) is 12.1 Å². The quantitative estimate of drug-likeness (QED) is 0.477. The minimum absolute atomic E-state index is 0. The summed E-state index contributed by atoms with van der Waals surface area (Å²) < 4.78 is 0. The van der Waals surface area contributed by atoms with E-state index in [1.807, 2.05) is 0 Å². The Morgan fingerprint density at radius 3 is 2.89 bits per heavy atom. The molecule has 0 aliphatic carbocycles. The van der Waals surface area contributed by atoms with Crippen LogP contribution in [0.5, 0.6) is 0 Å². The van der Waals surface area contributed by atoms with Gasteiger partial charge in [0.15, 0.2) is 5.78 Å². The lowest BCUT2D eigenvalue weighted by atomic mass is 10.1. The summed E-state index contributed by atoms with van der Waals surface area (Å²) in [6.45, 7) is 0.841. The lowest BCUT2D eigenvalue weighted by molar-refractivity contribution is -0.384. The fourth-order valence-corrected chi connectivity index (χ4v) is 2.59. The highest BCUT2D eigenvalue weighted by Gasteiger charge is 2.14. The van der Waals surface area contributed by atoms with E-state index in [0.717, 1.165) is 24.4 Å². The number of benzene rings is 1. The van der Waals surface area contributed by atoms with Crippen molar-refractivity contribution in [2.75, 3.05) is 12.3 Å². The molecule has 1 aromatic rings. The van der Waals surface area contributed by atoms with Gasteiger partial charge in [0.2, 0.25) is 0 Å². The topological polar surface area (TPSA) is 72.6 Å². The smallest absolute Gasteiger partial charge is 0.270 e. The Hall–Kier alpha value is -1.21. The Morgan fingerprint density at radius 2 is 2.26 bits per heavy atom. The zero-order valence-electron chi connectivity index (χ0n) is 10.1. The summed E-state index contributed by atoms with van der Waals surface area (Å²) in [7, 11) is 0. The van der Waals surface area contributed by atoms with E-state index in [1.54, 1.807) is 6.07 Å². The first-order valence-electron chi connectivity index (χ1n) is 5.60. The SMILES string of the molecule is Br.O=C(CSC1=NCCC1)c1cccc([N+](=O)[O-])c1. The van der Waals surface area contributed by atoms with Crippen molar-refractivity contribution in [1.29, 1.82) is 0 Å². The first kappa shape index (κ1) is 15.8. The van der Waals surface area contributed by atoms with E-state index >= 15 is 0 Å². The molecule has 0 spiro atoms. The fourth-order valence-electron chi connectivity index (χ4n) is 1.66. The van der Waals surface area contributed by atoms with E-state index in [2.05, 4.69) is 4.99 Å². The number of nitro groups is 1. The number of hydrogen-bond acceptors (Lipinski definition) is 5. The molecule has 1 aliphatic heterocycles. The average Bonchev–Trinajstić information content (AvgIpc) is 2.89. The van der Waals surface area contributed by atoms with Crippen LogP contribution >= 0.6 is 28.7 Å². The number of carbonyl (C=O) groups is 1. The number of non-ortho nitro benzene ring substituents is 1. The molecule has 0 unspecified atom stereocenters. The van der Waals surface area contributed by atoms with E-state index < -0.39 is 4.92 Å². The summed E-state index contributed by atoms with van der Waals surface area (Å²) in [5, 5.41) is 11.6. The molecule has 0 radical (unpaired) electrons. The summed E-state index contributed by atoms with van der Waals surface area (Å²) in [5.41, 5.74) is 0.333. The zero-order valence-corrected chi connectivity index (χ0v) is 12.6. The van der Waals surface area contributed by atoms with Crippen molar-refractivity contribution in [3.63, 3.8) is 0 Å². The second-order valence-electron chi connectivity index (χ2n) is 3.90. The Bertz CT molecular complexity index is 519. The van der Waals surface area contributed by atoms with Gasteiger partial charge in [-0.25, -0.2) is 0 Å². The zero-order chi connectivity index (χ0) is 13.0. The number of halogens is 1. The minimum Gasteiger partial charge on any atom is -0.293 e. The average molecular weight is 345 g/mol. The van der Waals surface area contributed by atoms with Gasteiger partial charge >= 0.3 is 0 Å². The molecule has 0 fully saturated rings. The maximum atomic E-state index is 11.9. The number of nitro benzene ring substituents is 1. The molecule has 5 nitrogen and oxygen atoms in total. The highest BCUT2D eigenvalue weighted by atomic mass is 79.9. The second-order valence-corrected chi connectivity index (χ2v) is 4.95. The van der Waals surface area contributed by atoms with Crippen molar-refractivity contribution < 1.29 is 9.72 Å². The molecule has 0 saturated heterocycles. The minimum atomic E-state index is -0.495. The van der Waals surface area contributed by atoms with Crippen LogP contribution in [0.1, 0.15) is 23.2 Å². The molecular formula is C12H13BrN2O3S. The fraction of sp³-hybridized carbons (Fsp3) is 0.333. The van der Waals surface area contributed by atoms with Crippen LogP contribution in [0.3, 0.4) is 0 Å². The van der Waals surface area contributed by atoms with Gasteiger partial charge in [-0.15, -0.1) is 28.7 Å². The van der Waals surface area contributed by atoms with Gasteiger partial charge in [0.1, 0.15) is 0 Å². The molecule has 1 aromatic carbocycles. The molecule has 0 N–H and O–H groups in total. The Kier molecular flexibility index (Phi) is 6.17. The van der Waals surface area contributed by atoms with Gasteiger partial charge in [0.05, 0.1) is 15.7 Å². The largest absolute Gasteiger partial charge is 0.293 e. The Morgan fingerprint density at radius 1 is 1.47 bits per heavy atom. The number of carbonyl (C=O) groups excluding carboxylic acids is 1. The number of rotatable bonds is 4. The summed E-state index contributed by atoms with van der Waals surface area (Å²) in [4.78, 5) is 26.3. The molecule has 0 amide bonds. The number of ketones is 1. The van der Waals surface area contributed by atoms with Crippen molar-refractivity contribution in [3.05, 3.63) is 39.9 Å². The molecule has 2 rings (SSSR count). The summed E-state index contributed by atoms with van der Waals surface area (Å²) >= 11 is 1.43. The number of Topliss-reactive ketones (excluding diaryl/α,β-unsaturated/α-hetero) is 1. The van der Waals surface area contributed by atoms with E-state index in [0.29, 0.717) is 11.3 Å². The van der Waals surface area contributed by atoms with Crippen molar-refractivity contribution in [3.8, 4) is 0 Å². The maximum absolute atomic E-state index is 11.9. The van der Waals surface area contributed by atoms with Crippen LogP contribution in [0.4, 0.5) is 5.69 Å². The third-order valence-electron chi connectivity index (χ3n) is 2.59. The van der Waals surface area contributed by atoms with Crippen LogP contribution in [0.15, 0.2) is 29.3 Å². The van der Waals surface area contributed by atoms with Gasteiger partial charge in [0, 0.05) is 24.2 Å². The van der Waals surface area contributed by atoms with Gasteiger partial charge in [0.25, 0.3) is 5.69 Å². The molecule has 7 heteroatoms. The maximum Gasteiger partial charge on any atom is 0.270 e. The van der Waals surface area contributed by atoms with E-state index in [4.69, 9.17) is 0 Å². The highest BCUT2D eigenvalue weighted by Crippen LogP contribution is 2.19. The van der Waals surface area contributed by atoms with E-state index in [9.17, 15) is 14.9 Å². The van der Waals surface area contributed by atoms with Gasteiger partial charge in [-0.05, 0) is 12.8 Å². The van der Waals surface area contributed by atoms with Crippen LogP contribution in [0.25, 0.3) is 0 Å². The molecule has 19 heavy (non-hydrogen) atoms. The molecule has 0 aromatic heterocycles. The monoisotopic (exact) mass is 344 g/mol. The van der Waals surface area contributed by atoms with Crippen molar-refractivity contribution >= 4 is 45.3 Å². The third-order valence-corrected chi connectivity index (χ3v) is 3.66. The summed E-state index contributed by atoms with van der Waals surface area (Å²) in [6.07, 6.45) is 1.99. The number of hydrogen-bond donors (Lipinski definition) is 0. The number of nitrogens with zero attached hydrogens (tertiary/aromatic N) is 2. The van der Waals surface area contributed by atoms with Crippen LogP contribution in [0, 0.1) is 10.1 Å². The van der Waals surface area contributed by atoms with E-state index in [-0.39, 0.29) is 28.5 Å². The van der Waals surface area contributed by atoms with Crippen LogP contribution in [-0.4, -0.2) is 28.0 Å². The molecule has 102 valence electrons. The van der Waals surface area contributed by atoms with Gasteiger partial charge < -0.3 is 0 Å². The van der Waals surface area contributed by atoms with Crippen LogP contribution < -0.4 is 0 Å².